The molecular formula is C17H14ClN3O2. The number of para-hydroxylation sites is 1. The molecule has 1 heterocycles. The number of rotatable bonds is 3. The van der Waals surface area contributed by atoms with Crippen molar-refractivity contribution in [2.45, 2.75) is 0 Å². The molecule has 3 rings (SSSR count). The first-order valence-corrected chi connectivity index (χ1v) is 7.30. The molecule has 0 aliphatic rings. The van der Waals surface area contributed by atoms with Crippen molar-refractivity contribution in [1.82, 2.24) is 4.98 Å². The van der Waals surface area contributed by atoms with Crippen LogP contribution in [0.5, 0.6) is 5.75 Å². The van der Waals surface area contributed by atoms with E-state index in [0.717, 1.165) is 10.9 Å². The molecule has 0 saturated heterocycles. The Balaban J connectivity index is 1.83. The quantitative estimate of drug-likeness (QED) is 0.742. The van der Waals surface area contributed by atoms with Crippen LogP contribution in [0.1, 0.15) is 0 Å². The zero-order valence-electron chi connectivity index (χ0n) is 12.3. The fourth-order valence-electron chi connectivity index (χ4n) is 2.26. The molecule has 23 heavy (non-hydrogen) atoms. The lowest BCUT2D eigenvalue weighted by Crippen LogP contribution is -2.20. The summed E-state index contributed by atoms with van der Waals surface area (Å²) in [4.78, 5) is 16.6. The largest absolute Gasteiger partial charge is 0.495 e. The van der Waals surface area contributed by atoms with Gasteiger partial charge >= 0.3 is 6.03 Å². The van der Waals surface area contributed by atoms with Gasteiger partial charge in [0.2, 0.25) is 0 Å². The molecule has 6 heteroatoms. The van der Waals surface area contributed by atoms with E-state index in [1.54, 1.807) is 30.5 Å². The lowest BCUT2D eigenvalue weighted by molar-refractivity contribution is 0.262. The summed E-state index contributed by atoms with van der Waals surface area (Å²) in [5.41, 5.74) is 1.84. The maximum absolute atomic E-state index is 12.3. The second-order valence-corrected chi connectivity index (χ2v) is 5.24. The highest BCUT2D eigenvalue weighted by Crippen LogP contribution is 2.28. The molecule has 116 valence electrons. The third kappa shape index (κ3) is 3.35. The smallest absolute Gasteiger partial charge is 0.323 e. The Kier molecular flexibility index (Phi) is 4.30. The van der Waals surface area contributed by atoms with Gasteiger partial charge < -0.3 is 15.4 Å². The highest BCUT2D eigenvalue weighted by molar-refractivity contribution is 6.31. The van der Waals surface area contributed by atoms with Gasteiger partial charge in [0.25, 0.3) is 0 Å². The Labute approximate surface area is 138 Å². The number of carbonyl (C=O) groups excluding carboxylic acids is 1. The molecule has 0 aliphatic heterocycles. The molecule has 1 aromatic heterocycles. The summed E-state index contributed by atoms with van der Waals surface area (Å²) in [6, 6.07) is 14.0. The van der Waals surface area contributed by atoms with E-state index in [-0.39, 0.29) is 0 Å². The number of aromatic nitrogens is 1. The van der Waals surface area contributed by atoms with Gasteiger partial charge in [-0.25, -0.2) is 4.79 Å². The molecule has 2 N–H and O–H groups in total. The average Bonchev–Trinajstić information content (AvgIpc) is 2.55. The van der Waals surface area contributed by atoms with Crippen molar-refractivity contribution in [3.05, 3.63) is 59.8 Å². The van der Waals surface area contributed by atoms with Gasteiger partial charge in [0, 0.05) is 16.6 Å². The van der Waals surface area contributed by atoms with Gasteiger partial charge in [-0.3, -0.25) is 4.98 Å². The molecule has 0 aliphatic carbocycles. The van der Waals surface area contributed by atoms with Crippen LogP contribution in [0.2, 0.25) is 5.02 Å². The van der Waals surface area contributed by atoms with Crippen LogP contribution in [-0.2, 0) is 0 Å². The highest BCUT2D eigenvalue weighted by Gasteiger charge is 2.10. The lowest BCUT2D eigenvalue weighted by Gasteiger charge is -2.12. The maximum atomic E-state index is 12.3. The minimum absolute atomic E-state index is 0.399. The topological polar surface area (TPSA) is 63.2 Å². The molecule has 0 fully saturated rings. The number of anilines is 2. The number of ether oxygens (including phenoxy) is 1. The highest BCUT2D eigenvalue weighted by atomic mass is 35.5. The van der Waals surface area contributed by atoms with Crippen LogP contribution in [0.3, 0.4) is 0 Å². The molecule has 2 aromatic carbocycles. The van der Waals surface area contributed by atoms with Gasteiger partial charge in [-0.1, -0.05) is 29.8 Å². The predicted molar refractivity (Wildman–Crippen MR) is 92.4 cm³/mol. The zero-order valence-corrected chi connectivity index (χ0v) is 13.1. The molecule has 2 amide bonds. The lowest BCUT2D eigenvalue weighted by atomic mass is 10.2. The zero-order chi connectivity index (χ0) is 16.2. The first-order valence-electron chi connectivity index (χ1n) is 6.92. The number of nitrogens with zero attached hydrogens (tertiary/aromatic N) is 1. The van der Waals surface area contributed by atoms with E-state index >= 15 is 0 Å². The monoisotopic (exact) mass is 327 g/mol. The SMILES string of the molecule is COc1ccc(Cl)cc1NC(=O)Nc1cccc2cccnc12. The van der Waals surface area contributed by atoms with Gasteiger partial charge in [0.15, 0.2) is 0 Å². The number of nitrogens with one attached hydrogen (secondary N) is 2. The minimum Gasteiger partial charge on any atom is -0.495 e. The van der Waals surface area contributed by atoms with Crippen molar-refractivity contribution < 1.29 is 9.53 Å². The summed E-state index contributed by atoms with van der Waals surface area (Å²) in [5, 5.41) is 6.98. The van der Waals surface area contributed by atoms with Crippen LogP contribution in [0, 0.1) is 0 Å². The van der Waals surface area contributed by atoms with Gasteiger partial charge in [0.1, 0.15) is 5.75 Å². The third-order valence-corrected chi connectivity index (χ3v) is 3.53. The van der Waals surface area contributed by atoms with E-state index < -0.39 is 6.03 Å². The molecule has 0 spiro atoms. The Morgan fingerprint density at radius 1 is 1.09 bits per heavy atom. The van der Waals surface area contributed by atoms with Crippen molar-refractivity contribution in [3.63, 3.8) is 0 Å². The van der Waals surface area contributed by atoms with Gasteiger partial charge in [-0.05, 0) is 30.3 Å². The van der Waals surface area contributed by atoms with Crippen LogP contribution in [0.4, 0.5) is 16.2 Å². The van der Waals surface area contributed by atoms with E-state index in [9.17, 15) is 4.79 Å². The summed E-state index contributed by atoms with van der Waals surface area (Å²) < 4.78 is 5.21. The summed E-state index contributed by atoms with van der Waals surface area (Å²) >= 11 is 5.96. The van der Waals surface area contributed by atoms with Crippen molar-refractivity contribution in [2.24, 2.45) is 0 Å². The number of hydrogen-bond donors (Lipinski definition) is 2. The molecular weight excluding hydrogens is 314 g/mol. The number of halogens is 1. The number of carbonyl (C=O) groups is 1. The van der Waals surface area contributed by atoms with Gasteiger partial charge in [-0.15, -0.1) is 0 Å². The standard InChI is InChI=1S/C17H14ClN3O2/c1-23-15-8-7-12(18)10-14(15)21-17(22)20-13-6-2-4-11-5-3-9-19-16(11)13/h2-10H,1H3,(H2,20,21,22). The van der Waals surface area contributed by atoms with Crippen molar-refractivity contribution in [2.75, 3.05) is 17.7 Å². The first kappa shape index (κ1) is 15.1. The molecule has 0 saturated carbocycles. The summed E-state index contributed by atoms with van der Waals surface area (Å²) in [6.07, 6.45) is 1.69. The molecule has 0 atom stereocenters. The number of methoxy groups -OCH3 is 1. The second kappa shape index (κ2) is 6.54. The predicted octanol–water partition coefficient (Wildman–Crippen LogP) is 4.54. The number of hydrogen-bond acceptors (Lipinski definition) is 3. The average molecular weight is 328 g/mol. The Morgan fingerprint density at radius 3 is 2.70 bits per heavy atom. The molecule has 0 radical (unpaired) electrons. The Morgan fingerprint density at radius 2 is 1.87 bits per heavy atom. The fourth-order valence-corrected chi connectivity index (χ4v) is 2.43. The number of fused-ring (bicyclic) bond motifs is 1. The maximum Gasteiger partial charge on any atom is 0.323 e. The van der Waals surface area contributed by atoms with Crippen LogP contribution in [0.25, 0.3) is 10.9 Å². The normalized spacial score (nSPS) is 10.3. The van der Waals surface area contributed by atoms with E-state index in [1.807, 2.05) is 24.3 Å². The molecule has 5 nitrogen and oxygen atoms in total. The fraction of sp³-hybridized carbons (Fsp3) is 0.0588. The third-order valence-electron chi connectivity index (χ3n) is 3.29. The summed E-state index contributed by atoms with van der Waals surface area (Å²) in [5.74, 6) is 0.528. The number of urea groups is 1. The number of pyridine rings is 1. The molecule has 3 aromatic rings. The van der Waals surface area contributed by atoms with Gasteiger partial charge in [0.05, 0.1) is 24.0 Å². The van der Waals surface area contributed by atoms with E-state index in [4.69, 9.17) is 16.3 Å². The molecule has 0 unspecified atom stereocenters. The Bertz CT molecular complexity index is 862. The van der Waals surface area contributed by atoms with E-state index in [0.29, 0.717) is 22.1 Å². The molecule has 0 bridgehead atoms. The van der Waals surface area contributed by atoms with Gasteiger partial charge in [-0.2, -0.15) is 0 Å². The van der Waals surface area contributed by atoms with Crippen molar-refractivity contribution in [1.29, 1.82) is 0 Å². The van der Waals surface area contributed by atoms with E-state index in [2.05, 4.69) is 15.6 Å². The Hall–Kier alpha value is -2.79. The minimum atomic E-state index is -0.399. The number of amides is 2. The van der Waals surface area contributed by atoms with Crippen molar-refractivity contribution in [3.8, 4) is 5.75 Å². The first-order chi connectivity index (χ1) is 11.2. The van der Waals surface area contributed by atoms with Crippen LogP contribution < -0.4 is 15.4 Å². The van der Waals surface area contributed by atoms with Crippen LogP contribution in [0.15, 0.2) is 54.7 Å². The number of benzene rings is 2. The summed E-state index contributed by atoms with van der Waals surface area (Å²) in [7, 11) is 1.53. The van der Waals surface area contributed by atoms with Crippen LogP contribution >= 0.6 is 11.6 Å². The summed E-state index contributed by atoms with van der Waals surface area (Å²) in [6.45, 7) is 0. The van der Waals surface area contributed by atoms with Crippen LogP contribution in [-0.4, -0.2) is 18.1 Å². The van der Waals surface area contributed by atoms with E-state index in [1.165, 1.54) is 7.11 Å². The second-order valence-electron chi connectivity index (χ2n) is 4.80. The van der Waals surface area contributed by atoms with Crippen molar-refractivity contribution >= 4 is 39.9 Å².